The zero-order chi connectivity index (χ0) is 9.90. The Morgan fingerprint density at radius 3 is 2.92 bits per heavy atom. The van der Waals surface area contributed by atoms with Gasteiger partial charge in [0.25, 0.3) is 0 Å². The molecule has 1 saturated heterocycles. The van der Waals surface area contributed by atoms with E-state index in [1.165, 1.54) is 0 Å². The zero-order valence-corrected chi connectivity index (χ0v) is 9.06. The van der Waals surface area contributed by atoms with Crippen LogP contribution in [0.1, 0.15) is 19.8 Å². The highest BCUT2D eigenvalue weighted by atomic mass is 32.2. The van der Waals surface area contributed by atoms with Gasteiger partial charge in [0, 0.05) is 12.3 Å². The molecule has 0 bridgehead atoms. The van der Waals surface area contributed by atoms with Gasteiger partial charge in [-0.25, -0.2) is 0 Å². The van der Waals surface area contributed by atoms with Crippen molar-refractivity contribution in [2.24, 2.45) is 0 Å². The van der Waals surface area contributed by atoms with Crippen molar-refractivity contribution in [3.05, 3.63) is 0 Å². The van der Waals surface area contributed by atoms with Crippen molar-refractivity contribution in [3.63, 3.8) is 0 Å². The van der Waals surface area contributed by atoms with Crippen LogP contribution in [-0.4, -0.2) is 46.6 Å². The second-order valence-corrected chi connectivity index (χ2v) is 4.65. The van der Waals surface area contributed by atoms with Crippen molar-refractivity contribution < 1.29 is 9.90 Å². The van der Waals surface area contributed by atoms with Gasteiger partial charge in [0.15, 0.2) is 0 Å². The number of nitrogens with zero attached hydrogens (tertiary/aromatic N) is 1. The summed E-state index contributed by atoms with van der Waals surface area (Å²) < 4.78 is 0. The average molecular weight is 203 g/mol. The lowest BCUT2D eigenvalue weighted by Gasteiger charge is -2.30. The van der Waals surface area contributed by atoms with Crippen LogP contribution in [0.4, 0.5) is 0 Å². The molecule has 0 radical (unpaired) electrons. The Balaban J connectivity index is 2.57. The van der Waals surface area contributed by atoms with E-state index in [2.05, 4.69) is 4.90 Å². The molecule has 1 aliphatic heterocycles. The summed E-state index contributed by atoms with van der Waals surface area (Å²) >= 11 is 1.77. The van der Waals surface area contributed by atoms with Gasteiger partial charge in [0.2, 0.25) is 0 Å². The summed E-state index contributed by atoms with van der Waals surface area (Å²) in [6, 6.07) is 0. The van der Waals surface area contributed by atoms with Crippen LogP contribution in [0.2, 0.25) is 0 Å². The molecule has 1 aliphatic rings. The zero-order valence-electron chi connectivity index (χ0n) is 8.25. The second kappa shape index (κ2) is 4.33. The molecule has 0 aromatic heterocycles. The predicted octanol–water partition coefficient (Wildman–Crippen LogP) is 1.29. The molecule has 1 unspecified atom stereocenters. The van der Waals surface area contributed by atoms with Crippen LogP contribution in [0, 0.1) is 0 Å². The maximum Gasteiger partial charge on any atom is 0.323 e. The number of aliphatic carboxylic acids is 1. The molecule has 76 valence electrons. The first-order valence-electron chi connectivity index (χ1n) is 4.58. The van der Waals surface area contributed by atoms with Crippen molar-refractivity contribution in [2.75, 3.05) is 25.1 Å². The quantitative estimate of drug-likeness (QED) is 0.747. The Kier molecular flexibility index (Phi) is 3.62. The molecule has 1 rings (SSSR count). The number of likely N-dealkylation sites (tertiary alicyclic amines) is 1. The monoisotopic (exact) mass is 203 g/mol. The van der Waals surface area contributed by atoms with Gasteiger partial charge >= 0.3 is 5.97 Å². The van der Waals surface area contributed by atoms with E-state index in [4.69, 9.17) is 5.11 Å². The molecule has 0 spiro atoms. The summed E-state index contributed by atoms with van der Waals surface area (Å²) in [5, 5.41) is 9.09. The van der Waals surface area contributed by atoms with E-state index in [0.29, 0.717) is 0 Å². The standard InChI is InChI=1S/C9H17NO2S/c1-9(8(11)12)4-3-5-10(9)6-7-13-2/h3-7H2,1-2H3,(H,11,12). The lowest BCUT2D eigenvalue weighted by molar-refractivity contribution is -0.148. The molecule has 0 aliphatic carbocycles. The third-order valence-electron chi connectivity index (χ3n) is 2.82. The van der Waals surface area contributed by atoms with Gasteiger partial charge in [-0.2, -0.15) is 11.8 Å². The Bertz CT molecular complexity index is 198. The smallest absolute Gasteiger partial charge is 0.323 e. The third-order valence-corrected chi connectivity index (χ3v) is 3.41. The Hall–Kier alpha value is -0.220. The Morgan fingerprint density at radius 1 is 1.69 bits per heavy atom. The van der Waals surface area contributed by atoms with E-state index in [-0.39, 0.29) is 0 Å². The summed E-state index contributed by atoms with van der Waals surface area (Å²) in [4.78, 5) is 13.1. The first-order valence-corrected chi connectivity index (χ1v) is 5.98. The van der Waals surface area contributed by atoms with Crippen LogP contribution >= 0.6 is 11.8 Å². The van der Waals surface area contributed by atoms with Gasteiger partial charge in [-0.3, -0.25) is 9.69 Å². The van der Waals surface area contributed by atoms with E-state index < -0.39 is 11.5 Å². The molecule has 13 heavy (non-hydrogen) atoms. The van der Waals surface area contributed by atoms with Gasteiger partial charge in [0.1, 0.15) is 5.54 Å². The molecule has 0 aromatic carbocycles. The van der Waals surface area contributed by atoms with Crippen molar-refractivity contribution in [2.45, 2.75) is 25.3 Å². The predicted molar refractivity (Wildman–Crippen MR) is 55.2 cm³/mol. The van der Waals surface area contributed by atoms with Gasteiger partial charge in [-0.1, -0.05) is 0 Å². The maximum atomic E-state index is 11.0. The lowest BCUT2D eigenvalue weighted by atomic mass is 9.99. The number of hydrogen-bond donors (Lipinski definition) is 1. The highest BCUT2D eigenvalue weighted by Crippen LogP contribution is 2.28. The number of carboxylic acid groups (broad SMARTS) is 1. The van der Waals surface area contributed by atoms with E-state index in [1.807, 2.05) is 13.2 Å². The highest BCUT2D eigenvalue weighted by Gasteiger charge is 2.42. The van der Waals surface area contributed by atoms with Crippen molar-refractivity contribution in [1.29, 1.82) is 0 Å². The van der Waals surface area contributed by atoms with E-state index in [9.17, 15) is 4.79 Å². The number of hydrogen-bond acceptors (Lipinski definition) is 3. The van der Waals surface area contributed by atoms with Crippen LogP contribution in [-0.2, 0) is 4.79 Å². The molecular weight excluding hydrogens is 186 g/mol. The fourth-order valence-electron chi connectivity index (χ4n) is 1.82. The second-order valence-electron chi connectivity index (χ2n) is 3.66. The average Bonchev–Trinajstić information content (AvgIpc) is 2.45. The molecular formula is C9H17NO2S. The lowest BCUT2D eigenvalue weighted by Crippen LogP contribution is -2.48. The Morgan fingerprint density at radius 2 is 2.38 bits per heavy atom. The van der Waals surface area contributed by atoms with Crippen molar-refractivity contribution in [1.82, 2.24) is 4.90 Å². The van der Waals surface area contributed by atoms with E-state index >= 15 is 0 Å². The maximum absolute atomic E-state index is 11.0. The van der Waals surface area contributed by atoms with Crippen LogP contribution < -0.4 is 0 Å². The molecule has 1 atom stereocenters. The minimum Gasteiger partial charge on any atom is -0.480 e. The molecule has 4 heteroatoms. The van der Waals surface area contributed by atoms with Crippen LogP contribution in [0.3, 0.4) is 0 Å². The summed E-state index contributed by atoms with van der Waals surface area (Å²) in [5.74, 6) is 0.342. The fourth-order valence-corrected chi connectivity index (χ4v) is 2.22. The largest absolute Gasteiger partial charge is 0.480 e. The number of carbonyl (C=O) groups is 1. The molecule has 0 amide bonds. The first kappa shape index (κ1) is 10.9. The summed E-state index contributed by atoms with van der Waals surface area (Å²) in [6.45, 7) is 3.66. The Labute approximate surface area is 83.5 Å². The van der Waals surface area contributed by atoms with Gasteiger partial charge in [-0.05, 0) is 32.6 Å². The van der Waals surface area contributed by atoms with Crippen molar-refractivity contribution in [3.8, 4) is 0 Å². The summed E-state index contributed by atoms with van der Waals surface area (Å²) in [7, 11) is 0. The summed E-state index contributed by atoms with van der Waals surface area (Å²) in [6.07, 6.45) is 3.85. The van der Waals surface area contributed by atoms with Gasteiger partial charge in [-0.15, -0.1) is 0 Å². The third kappa shape index (κ3) is 2.17. The van der Waals surface area contributed by atoms with E-state index in [1.54, 1.807) is 11.8 Å². The molecule has 1 N–H and O–H groups in total. The number of carboxylic acids is 1. The molecule has 1 heterocycles. The minimum absolute atomic E-state index is 0.601. The highest BCUT2D eigenvalue weighted by molar-refractivity contribution is 7.98. The number of thioether (sulfide) groups is 1. The topological polar surface area (TPSA) is 40.5 Å². The fraction of sp³-hybridized carbons (Fsp3) is 0.889. The molecule has 3 nitrogen and oxygen atoms in total. The first-order chi connectivity index (χ1) is 6.11. The van der Waals surface area contributed by atoms with Crippen LogP contribution in [0.5, 0.6) is 0 Å². The van der Waals surface area contributed by atoms with Crippen LogP contribution in [0.15, 0.2) is 0 Å². The normalized spacial score (nSPS) is 29.4. The molecule has 0 aromatic rings. The van der Waals surface area contributed by atoms with Gasteiger partial charge < -0.3 is 5.11 Å². The molecule has 1 fully saturated rings. The molecule has 0 saturated carbocycles. The van der Waals surface area contributed by atoms with Crippen molar-refractivity contribution >= 4 is 17.7 Å². The SMILES string of the molecule is CSCCN1CCCC1(C)C(=O)O. The van der Waals surface area contributed by atoms with Gasteiger partial charge in [0.05, 0.1) is 0 Å². The summed E-state index contributed by atoms with van der Waals surface area (Å²) in [5.41, 5.74) is -0.601. The van der Waals surface area contributed by atoms with Crippen LogP contribution in [0.25, 0.3) is 0 Å². The van der Waals surface area contributed by atoms with E-state index in [0.717, 1.165) is 31.7 Å². The minimum atomic E-state index is -0.675. The number of rotatable bonds is 4.